The highest BCUT2D eigenvalue weighted by Gasteiger charge is 2.13. The van der Waals surface area contributed by atoms with Crippen molar-refractivity contribution in [1.82, 2.24) is 9.97 Å². The molecule has 0 bridgehead atoms. The molecule has 2 aromatic carbocycles. The van der Waals surface area contributed by atoms with E-state index in [1.165, 1.54) is 0 Å². The van der Waals surface area contributed by atoms with Crippen molar-refractivity contribution in [2.45, 2.75) is 19.9 Å². The Balaban J connectivity index is 1.67. The molecule has 2 N–H and O–H groups in total. The Hall–Kier alpha value is -3.28. The van der Waals surface area contributed by atoms with Crippen molar-refractivity contribution in [3.8, 4) is 22.8 Å². The fraction of sp³-hybridized carbons (Fsp3) is 0.238. The fourth-order valence-corrected chi connectivity index (χ4v) is 2.86. The molecule has 0 amide bonds. The van der Waals surface area contributed by atoms with E-state index in [0.29, 0.717) is 25.0 Å². The zero-order valence-corrected chi connectivity index (χ0v) is 15.4. The minimum absolute atomic E-state index is 0.234. The second-order valence-corrected chi connectivity index (χ2v) is 6.61. The van der Waals surface area contributed by atoms with Gasteiger partial charge in [-0.1, -0.05) is 30.3 Å². The van der Waals surface area contributed by atoms with Crippen molar-refractivity contribution < 1.29 is 9.47 Å². The maximum atomic E-state index is 5.66. The molecule has 2 heterocycles. The molecule has 3 aromatic rings. The van der Waals surface area contributed by atoms with Crippen LogP contribution in [0.3, 0.4) is 0 Å². The average molecular weight is 362 g/mol. The minimum Gasteiger partial charge on any atom is -0.486 e. The summed E-state index contributed by atoms with van der Waals surface area (Å²) in [5, 5.41) is 6.64. The van der Waals surface area contributed by atoms with Crippen molar-refractivity contribution >= 4 is 17.5 Å². The van der Waals surface area contributed by atoms with E-state index in [1.54, 1.807) is 0 Å². The number of nitrogens with zero attached hydrogens (tertiary/aromatic N) is 2. The van der Waals surface area contributed by atoms with Crippen molar-refractivity contribution in [2.75, 3.05) is 23.8 Å². The molecule has 0 saturated heterocycles. The molecule has 4 rings (SSSR count). The van der Waals surface area contributed by atoms with E-state index in [1.807, 2.05) is 54.6 Å². The van der Waals surface area contributed by atoms with Crippen LogP contribution in [0.2, 0.25) is 0 Å². The zero-order valence-electron chi connectivity index (χ0n) is 15.4. The van der Waals surface area contributed by atoms with E-state index in [9.17, 15) is 0 Å². The monoisotopic (exact) mass is 362 g/mol. The van der Waals surface area contributed by atoms with Crippen LogP contribution in [0.4, 0.5) is 17.5 Å². The first kappa shape index (κ1) is 17.1. The topological polar surface area (TPSA) is 68.3 Å². The van der Waals surface area contributed by atoms with E-state index in [-0.39, 0.29) is 6.04 Å². The summed E-state index contributed by atoms with van der Waals surface area (Å²) >= 11 is 0. The molecule has 6 nitrogen and oxygen atoms in total. The molecule has 0 fully saturated rings. The first-order valence-corrected chi connectivity index (χ1v) is 9.05. The molecule has 1 aromatic heterocycles. The number of ether oxygens (including phenoxy) is 2. The number of rotatable bonds is 5. The van der Waals surface area contributed by atoms with Gasteiger partial charge in [-0.25, -0.2) is 4.98 Å². The van der Waals surface area contributed by atoms with Gasteiger partial charge in [-0.3, -0.25) is 0 Å². The summed E-state index contributed by atoms with van der Waals surface area (Å²) in [5.74, 6) is 2.81. The maximum absolute atomic E-state index is 5.66. The second kappa shape index (κ2) is 7.53. The SMILES string of the molecule is CC(C)Nc1nc(Nc2ccc3c(c2)OCCO3)cc(-c2ccccc2)n1. The maximum Gasteiger partial charge on any atom is 0.225 e. The van der Waals surface area contributed by atoms with Gasteiger partial charge in [0.15, 0.2) is 11.5 Å². The van der Waals surface area contributed by atoms with Crippen molar-refractivity contribution in [1.29, 1.82) is 0 Å². The standard InChI is InChI=1S/C21H22N4O2/c1-14(2)22-21-24-17(15-6-4-3-5-7-15)13-20(25-21)23-16-8-9-18-19(12-16)27-11-10-26-18/h3-9,12-14H,10-11H2,1-2H3,(H2,22,23,24,25). The number of hydrogen-bond donors (Lipinski definition) is 2. The van der Waals surface area contributed by atoms with Crippen LogP contribution in [-0.4, -0.2) is 29.2 Å². The summed E-state index contributed by atoms with van der Waals surface area (Å²) in [6, 6.07) is 18.0. The smallest absolute Gasteiger partial charge is 0.225 e. The Morgan fingerprint density at radius 1 is 0.889 bits per heavy atom. The van der Waals surface area contributed by atoms with E-state index >= 15 is 0 Å². The van der Waals surface area contributed by atoms with Crippen molar-refractivity contribution in [2.24, 2.45) is 0 Å². The molecule has 27 heavy (non-hydrogen) atoms. The summed E-state index contributed by atoms with van der Waals surface area (Å²) in [6.45, 7) is 5.26. The van der Waals surface area contributed by atoms with Crippen LogP contribution in [0, 0.1) is 0 Å². The van der Waals surface area contributed by atoms with Gasteiger partial charge in [-0.2, -0.15) is 4.98 Å². The Labute approximate surface area is 158 Å². The predicted molar refractivity (Wildman–Crippen MR) is 107 cm³/mol. The van der Waals surface area contributed by atoms with Crippen LogP contribution in [-0.2, 0) is 0 Å². The van der Waals surface area contributed by atoms with Gasteiger partial charge < -0.3 is 20.1 Å². The van der Waals surface area contributed by atoms with Gasteiger partial charge in [0, 0.05) is 29.4 Å². The normalized spacial score (nSPS) is 12.7. The van der Waals surface area contributed by atoms with Gasteiger partial charge in [0.1, 0.15) is 19.0 Å². The third kappa shape index (κ3) is 4.11. The number of nitrogens with one attached hydrogen (secondary N) is 2. The highest BCUT2D eigenvalue weighted by Crippen LogP contribution is 2.34. The van der Waals surface area contributed by atoms with Crippen LogP contribution in [0.5, 0.6) is 11.5 Å². The average Bonchev–Trinajstić information content (AvgIpc) is 2.68. The Morgan fingerprint density at radius 3 is 2.44 bits per heavy atom. The summed E-state index contributed by atoms with van der Waals surface area (Å²) in [6.07, 6.45) is 0. The first-order valence-electron chi connectivity index (χ1n) is 9.05. The minimum atomic E-state index is 0.234. The van der Waals surface area contributed by atoms with Gasteiger partial charge in [0.25, 0.3) is 0 Å². The molecule has 1 aliphatic rings. The molecule has 0 spiro atoms. The van der Waals surface area contributed by atoms with Crippen LogP contribution in [0.15, 0.2) is 54.6 Å². The fourth-order valence-electron chi connectivity index (χ4n) is 2.86. The first-order chi connectivity index (χ1) is 13.2. The van der Waals surface area contributed by atoms with Crippen molar-refractivity contribution in [3.63, 3.8) is 0 Å². The molecule has 0 atom stereocenters. The Kier molecular flexibility index (Phi) is 4.78. The number of fused-ring (bicyclic) bond motifs is 1. The number of hydrogen-bond acceptors (Lipinski definition) is 6. The third-order valence-corrected chi connectivity index (χ3v) is 4.03. The van der Waals surface area contributed by atoms with Gasteiger partial charge in [-0.05, 0) is 26.0 Å². The third-order valence-electron chi connectivity index (χ3n) is 4.03. The Bertz CT molecular complexity index is 929. The van der Waals surface area contributed by atoms with Crippen LogP contribution in [0.25, 0.3) is 11.3 Å². The number of aromatic nitrogens is 2. The second-order valence-electron chi connectivity index (χ2n) is 6.61. The predicted octanol–water partition coefficient (Wildman–Crippen LogP) is 4.48. The summed E-state index contributed by atoms with van der Waals surface area (Å²) in [7, 11) is 0. The van der Waals surface area contributed by atoms with Crippen molar-refractivity contribution in [3.05, 3.63) is 54.6 Å². The van der Waals surface area contributed by atoms with E-state index in [4.69, 9.17) is 9.47 Å². The molecule has 138 valence electrons. The molecular formula is C21H22N4O2. The summed E-state index contributed by atoms with van der Waals surface area (Å²) in [5.41, 5.74) is 2.78. The Morgan fingerprint density at radius 2 is 1.67 bits per heavy atom. The molecule has 1 aliphatic heterocycles. The van der Waals surface area contributed by atoms with Gasteiger partial charge in [0.2, 0.25) is 5.95 Å². The van der Waals surface area contributed by atoms with Crippen LogP contribution < -0.4 is 20.1 Å². The number of anilines is 3. The quantitative estimate of drug-likeness (QED) is 0.697. The van der Waals surface area contributed by atoms with Crippen LogP contribution in [0.1, 0.15) is 13.8 Å². The lowest BCUT2D eigenvalue weighted by Crippen LogP contribution is -2.15. The molecule has 0 unspecified atom stereocenters. The summed E-state index contributed by atoms with van der Waals surface area (Å²) < 4.78 is 11.2. The van der Waals surface area contributed by atoms with E-state index in [0.717, 1.165) is 28.4 Å². The molecule has 0 saturated carbocycles. The lowest BCUT2D eigenvalue weighted by molar-refractivity contribution is 0.171. The molecular weight excluding hydrogens is 340 g/mol. The lowest BCUT2D eigenvalue weighted by atomic mass is 10.1. The van der Waals surface area contributed by atoms with Gasteiger partial charge in [-0.15, -0.1) is 0 Å². The largest absolute Gasteiger partial charge is 0.486 e. The molecule has 6 heteroatoms. The highest BCUT2D eigenvalue weighted by atomic mass is 16.6. The van der Waals surface area contributed by atoms with E-state index in [2.05, 4.69) is 34.4 Å². The highest BCUT2D eigenvalue weighted by molar-refractivity contribution is 5.68. The molecule has 0 radical (unpaired) electrons. The van der Waals surface area contributed by atoms with Gasteiger partial charge >= 0.3 is 0 Å². The zero-order chi connectivity index (χ0) is 18.6. The lowest BCUT2D eigenvalue weighted by Gasteiger charge is -2.19. The van der Waals surface area contributed by atoms with Crippen LogP contribution >= 0.6 is 0 Å². The number of benzene rings is 2. The van der Waals surface area contributed by atoms with E-state index < -0.39 is 0 Å². The molecule has 0 aliphatic carbocycles. The summed E-state index contributed by atoms with van der Waals surface area (Å²) in [4.78, 5) is 9.25. The van der Waals surface area contributed by atoms with Gasteiger partial charge in [0.05, 0.1) is 5.69 Å².